The molecule has 0 aromatic heterocycles. The summed E-state index contributed by atoms with van der Waals surface area (Å²) in [6, 6.07) is 2.20. The molecule has 1 atom stereocenters. The molecule has 1 aromatic rings. The van der Waals surface area contributed by atoms with Gasteiger partial charge in [0.1, 0.15) is 11.6 Å². The van der Waals surface area contributed by atoms with E-state index in [0.717, 1.165) is 18.6 Å². The lowest BCUT2D eigenvalue weighted by atomic mass is 10.2. The van der Waals surface area contributed by atoms with E-state index in [0.29, 0.717) is 19.2 Å². The van der Waals surface area contributed by atoms with E-state index in [1.165, 1.54) is 4.90 Å². The van der Waals surface area contributed by atoms with Crippen molar-refractivity contribution in [3.8, 4) is 0 Å². The number of benzene rings is 1. The third-order valence-electron chi connectivity index (χ3n) is 2.47. The van der Waals surface area contributed by atoms with Gasteiger partial charge in [-0.2, -0.15) is 4.39 Å². The van der Waals surface area contributed by atoms with Crippen molar-refractivity contribution in [3.63, 3.8) is 0 Å². The molecule has 2 rings (SSSR count). The number of amides is 1. The first kappa shape index (κ1) is 11.8. The van der Waals surface area contributed by atoms with Gasteiger partial charge in [0.25, 0.3) is 6.36 Å². The van der Waals surface area contributed by atoms with Crippen LogP contribution in [0.25, 0.3) is 0 Å². The van der Waals surface area contributed by atoms with E-state index in [-0.39, 0.29) is 5.56 Å². The van der Waals surface area contributed by atoms with Gasteiger partial charge >= 0.3 is 6.09 Å². The summed E-state index contributed by atoms with van der Waals surface area (Å²) in [6.07, 6.45) is -2.12. The molecule has 1 fully saturated rings. The fourth-order valence-electron chi connectivity index (χ4n) is 1.44. The molecule has 1 aliphatic rings. The highest BCUT2D eigenvalue weighted by atomic mass is 19.1. The normalized spacial score (nSPS) is 16.3. The molecule has 1 amide bonds. The Labute approximate surface area is 95.8 Å². The highest BCUT2D eigenvalue weighted by Crippen LogP contribution is 2.23. The van der Waals surface area contributed by atoms with Crippen LogP contribution in [0.1, 0.15) is 18.3 Å². The SMILES string of the molecule is O=C(OC(F)c1cc(F)cc(F)c1)N1CCC1. The number of ether oxygens (including phenoxy) is 1. The minimum Gasteiger partial charge on any atom is -0.410 e. The summed E-state index contributed by atoms with van der Waals surface area (Å²) in [5.41, 5.74) is -0.351. The fourth-order valence-corrected chi connectivity index (χ4v) is 1.44. The van der Waals surface area contributed by atoms with E-state index in [9.17, 15) is 18.0 Å². The van der Waals surface area contributed by atoms with E-state index in [2.05, 4.69) is 4.74 Å². The second-order valence-electron chi connectivity index (χ2n) is 3.74. The quantitative estimate of drug-likeness (QED) is 0.801. The van der Waals surface area contributed by atoms with E-state index in [1.807, 2.05) is 0 Å². The summed E-state index contributed by atoms with van der Waals surface area (Å²) in [6.45, 7) is 1.03. The first-order valence-electron chi connectivity index (χ1n) is 5.12. The topological polar surface area (TPSA) is 29.5 Å². The van der Waals surface area contributed by atoms with Crippen LogP contribution in [0, 0.1) is 11.6 Å². The van der Waals surface area contributed by atoms with Crippen LogP contribution >= 0.6 is 0 Å². The monoisotopic (exact) mass is 245 g/mol. The predicted octanol–water partition coefficient (Wildman–Crippen LogP) is 2.78. The van der Waals surface area contributed by atoms with Crippen molar-refractivity contribution in [1.82, 2.24) is 4.90 Å². The Kier molecular flexibility index (Phi) is 3.21. The average molecular weight is 245 g/mol. The maximum Gasteiger partial charge on any atom is 0.412 e. The zero-order chi connectivity index (χ0) is 12.4. The molecule has 0 saturated carbocycles. The number of rotatable bonds is 2. The number of halogens is 3. The van der Waals surface area contributed by atoms with Gasteiger partial charge in [-0.25, -0.2) is 13.6 Å². The smallest absolute Gasteiger partial charge is 0.410 e. The number of nitrogens with zero attached hydrogens (tertiary/aromatic N) is 1. The summed E-state index contributed by atoms with van der Waals surface area (Å²) in [5.74, 6) is -1.83. The molecule has 1 aromatic carbocycles. The number of carbonyl (C=O) groups is 1. The number of likely N-dealkylation sites (tertiary alicyclic amines) is 1. The number of carbonyl (C=O) groups excluding carboxylic acids is 1. The van der Waals surface area contributed by atoms with Crippen molar-refractivity contribution in [2.45, 2.75) is 12.8 Å². The van der Waals surface area contributed by atoms with Crippen LogP contribution in [0.3, 0.4) is 0 Å². The minimum absolute atomic E-state index is 0.351. The Hall–Kier alpha value is -1.72. The Bertz CT molecular complexity index is 414. The van der Waals surface area contributed by atoms with Crippen molar-refractivity contribution in [1.29, 1.82) is 0 Å². The molecule has 1 unspecified atom stereocenters. The second kappa shape index (κ2) is 4.65. The highest BCUT2D eigenvalue weighted by molar-refractivity contribution is 5.68. The highest BCUT2D eigenvalue weighted by Gasteiger charge is 2.25. The van der Waals surface area contributed by atoms with Crippen molar-refractivity contribution >= 4 is 6.09 Å². The Morgan fingerprint density at radius 1 is 1.24 bits per heavy atom. The Balaban J connectivity index is 2.03. The van der Waals surface area contributed by atoms with Gasteiger partial charge in [0.15, 0.2) is 0 Å². The molecule has 1 aliphatic heterocycles. The van der Waals surface area contributed by atoms with Gasteiger partial charge in [-0.05, 0) is 18.6 Å². The third-order valence-corrected chi connectivity index (χ3v) is 2.47. The summed E-state index contributed by atoms with van der Waals surface area (Å²) in [7, 11) is 0. The predicted molar refractivity (Wildman–Crippen MR) is 52.9 cm³/mol. The summed E-state index contributed by atoms with van der Waals surface area (Å²) in [5, 5.41) is 0. The molecule has 17 heavy (non-hydrogen) atoms. The van der Waals surface area contributed by atoms with Crippen LogP contribution in [0.2, 0.25) is 0 Å². The van der Waals surface area contributed by atoms with Crippen LogP contribution in [-0.4, -0.2) is 24.1 Å². The summed E-state index contributed by atoms with van der Waals surface area (Å²) >= 11 is 0. The molecule has 0 aliphatic carbocycles. The summed E-state index contributed by atoms with van der Waals surface area (Å²) in [4.78, 5) is 12.6. The first-order valence-corrected chi connectivity index (χ1v) is 5.12. The number of alkyl halides is 1. The zero-order valence-electron chi connectivity index (χ0n) is 8.83. The molecule has 0 N–H and O–H groups in total. The van der Waals surface area contributed by atoms with E-state index in [4.69, 9.17) is 0 Å². The van der Waals surface area contributed by atoms with E-state index < -0.39 is 24.1 Å². The molecule has 6 heteroatoms. The molecular formula is C11H10F3NO2. The van der Waals surface area contributed by atoms with Gasteiger partial charge in [-0.3, -0.25) is 0 Å². The number of hydrogen-bond donors (Lipinski definition) is 0. The maximum atomic E-state index is 13.5. The molecule has 0 bridgehead atoms. The van der Waals surface area contributed by atoms with Crippen LogP contribution in [0.4, 0.5) is 18.0 Å². The minimum atomic E-state index is -2.16. The molecule has 0 radical (unpaired) electrons. The third kappa shape index (κ3) is 2.69. The van der Waals surface area contributed by atoms with Crippen molar-refractivity contribution in [2.75, 3.05) is 13.1 Å². The molecule has 3 nitrogen and oxygen atoms in total. The zero-order valence-corrected chi connectivity index (χ0v) is 8.83. The Morgan fingerprint density at radius 3 is 2.29 bits per heavy atom. The van der Waals surface area contributed by atoms with Crippen molar-refractivity contribution < 1.29 is 22.7 Å². The lowest BCUT2D eigenvalue weighted by Gasteiger charge is -2.30. The molecule has 1 saturated heterocycles. The van der Waals surface area contributed by atoms with Crippen molar-refractivity contribution in [2.24, 2.45) is 0 Å². The van der Waals surface area contributed by atoms with Crippen molar-refractivity contribution in [3.05, 3.63) is 35.4 Å². The summed E-state index contributed by atoms with van der Waals surface area (Å²) < 4.78 is 43.5. The van der Waals surface area contributed by atoms with Crippen LogP contribution in [-0.2, 0) is 4.74 Å². The molecular weight excluding hydrogens is 235 g/mol. The molecule has 1 heterocycles. The van der Waals surface area contributed by atoms with Gasteiger partial charge in [-0.15, -0.1) is 0 Å². The van der Waals surface area contributed by atoms with Crippen LogP contribution < -0.4 is 0 Å². The molecule has 0 spiro atoms. The van der Waals surface area contributed by atoms with Crippen LogP contribution in [0.15, 0.2) is 18.2 Å². The largest absolute Gasteiger partial charge is 0.412 e. The average Bonchev–Trinajstić information content (AvgIpc) is 2.12. The van der Waals surface area contributed by atoms with Gasteiger partial charge < -0.3 is 9.64 Å². The van der Waals surface area contributed by atoms with E-state index in [1.54, 1.807) is 0 Å². The van der Waals surface area contributed by atoms with Gasteiger partial charge in [0.05, 0.1) is 0 Å². The second-order valence-corrected chi connectivity index (χ2v) is 3.74. The van der Waals surface area contributed by atoms with Crippen LogP contribution in [0.5, 0.6) is 0 Å². The lowest BCUT2D eigenvalue weighted by molar-refractivity contribution is -0.0166. The van der Waals surface area contributed by atoms with Gasteiger partial charge in [0, 0.05) is 24.7 Å². The molecule has 92 valence electrons. The number of hydrogen-bond acceptors (Lipinski definition) is 2. The van der Waals surface area contributed by atoms with Gasteiger partial charge in [-0.1, -0.05) is 0 Å². The first-order chi connectivity index (χ1) is 8.06. The standard InChI is InChI=1S/C11H10F3NO2/c12-8-4-7(5-9(13)6-8)10(14)17-11(16)15-2-1-3-15/h4-6,10H,1-3H2. The van der Waals surface area contributed by atoms with Gasteiger partial charge in [0.2, 0.25) is 0 Å². The fraction of sp³-hybridized carbons (Fsp3) is 0.364. The maximum absolute atomic E-state index is 13.5. The van der Waals surface area contributed by atoms with E-state index >= 15 is 0 Å². The Morgan fingerprint density at radius 2 is 1.82 bits per heavy atom. The lowest BCUT2D eigenvalue weighted by Crippen LogP contribution is -2.42.